The zero-order chi connectivity index (χ0) is 19.4. The number of nitrogens with one attached hydrogen (secondary N) is 2. The first-order valence-corrected chi connectivity index (χ1v) is 9.37. The van der Waals surface area contributed by atoms with Gasteiger partial charge in [-0.15, -0.1) is 0 Å². The Morgan fingerprint density at radius 1 is 1.26 bits per heavy atom. The number of nitrogens with zero attached hydrogens (tertiary/aromatic N) is 3. The smallest absolute Gasteiger partial charge is 0.407 e. The van der Waals surface area contributed by atoms with Crippen LogP contribution in [0.4, 0.5) is 10.7 Å². The van der Waals surface area contributed by atoms with Crippen molar-refractivity contribution in [3.63, 3.8) is 0 Å². The van der Waals surface area contributed by atoms with Crippen LogP contribution in [-0.2, 0) is 4.74 Å². The van der Waals surface area contributed by atoms with E-state index in [9.17, 15) is 4.79 Å². The molecule has 8 heteroatoms. The molecule has 0 spiro atoms. The molecule has 2 heterocycles. The van der Waals surface area contributed by atoms with Crippen LogP contribution in [0.5, 0.6) is 0 Å². The zero-order valence-electron chi connectivity index (χ0n) is 15.7. The van der Waals surface area contributed by atoms with Gasteiger partial charge in [0.05, 0.1) is 16.9 Å². The number of hydrogen-bond donors (Lipinski definition) is 2. The summed E-state index contributed by atoms with van der Waals surface area (Å²) in [6, 6.07) is 3.99. The number of carbonyl (C=O) groups is 1. The van der Waals surface area contributed by atoms with Crippen molar-refractivity contribution in [3.8, 4) is 11.3 Å². The lowest BCUT2D eigenvalue weighted by molar-refractivity contribution is 0.0505. The van der Waals surface area contributed by atoms with Gasteiger partial charge in [0.1, 0.15) is 5.60 Å². The summed E-state index contributed by atoms with van der Waals surface area (Å²) in [6.45, 7) is 5.55. The molecule has 1 aliphatic carbocycles. The molecular weight excluding hydrogens is 366 g/mol. The van der Waals surface area contributed by atoms with Gasteiger partial charge in [0.25, 0.3) is 0 Å². The van der Waals surface area contributed by atoms with Crippen LogP contribution in [0.3, 0.4) is 0 Å². The van der Waals surface area contributed by atoms with Crippen molar-refractivity contribution in [1.82, 2.24) is 20.3 Å². The molecule has 0 saturated heterocycles. The molecular formula is C19H24ClN5O2. The molecule has 0 aliphatic heterocycles. The van der Waals surface area contributed by atoms with Crippen LogP contribution < -0.4 is 10.6 Å². The molecule has 144 valence electrons. The van der Waals surface area contributed by atoms with Crippen LogP contribution in [0.2, 0.25) is 5.02 Å². The highest BCUT2D eigenvalue weighted by molar-refractivity contribution is 6.32. The summed E-state index contributed by atoms with van der Waals surface area (Å²) in [5.41, 5.74) is 0.979. The maximum absolute atomic E-state index is 11.9. The zero-order valence-corrected chi connectivity index (χ0v) is 16.5. The quantitative estimate of drug-likeness (QED) is 0.819. The third-order valence-electron chi connectivity index (χ3n) is 4.17. The van der Waals surface area contributed by atoms with E-state index in [1.54, 1.807) is 18.6 Å². The number of alkyl carbamates (subject to hydrolysis) is 1. The van der Waals surface area contributed by atoms with E-state index in [0.29, 0.717) is 16.7 Å². The Morgan fingerprint density at radius 3 is 2.74 bits per heavy atom. The number of rotatable bonds is 4. The highest BCUT2D eigenvalue weighted by atomic mass is 35.5. The van der Waals surface area contributed by atoms with Crippen molar-refractivity contribution in [2.75, 3.05) is 5.32 Å². The van der Waals surface area contributed by atoms with Gasteiger partial charge >= 0.3 is 6.09 Å². The van der Waals surface area contributed by atoms with E-state index in [2.05, 4.69) is 25.6 Å². The summed E-state index contributed by atoms with van der Waals surface area (Å²) in [4.78, 5) is 24.8. The van der Waals surface area contributed by atoms with E-state index in [-0.39, 0.29) is 18.2 Å². The third kappa shape index (κ3) is 5.53. The number of aromatic nitrogens is 3. The van der Waals surface area contributed by atoms with E-state index in [1.807, 2.05) is 32.9 Å². The second kappa shape index (κ2) is 8.08. The van der Waals surface area contributed by atoms with Gasteiger partial charge in [-0.05, 0) is 52.2 Å². The maximum Gasteiger partial charge on any atom is 0.407 e. The van der Waals surface area contributed by atoms with Crippen LogP contribution in [0.1, 0.15) is 40.0 Å². The van der Waals surface area contributed by atoms with Crippen molar-refractivity contribution >= 4 is 23.6 Å². The summed E-state index contributed by atoms with van der Waals surface area (Å²) in [6.07, 6.45) is 7.20. The Balaban J connectivity index is 1.60. The van der Waals surface area contributed by atoms with Gasteiger partial charge in [-0.25, -0.2) is 14.8 Å². The topological polar surface area (TPSA) is 89.0 Å². The van der Waals surface area contributed by atoms with Gasteiger partial charge in [0.15, 0.2) is 0 Å². The molecule has 3 rings (SSSR count). The summed E-state index contributed by atoms with van der Waals surface area (Å²) in [7, 11) is 0. The van der Waals surface area contributed by atoms with Crippen molar-refractivity contribution in [1.29, 1.82) is 0 Å². The maximum atomic E-state index is 11.9. The molecule has 27 heavy (non-hydrogen) atoms. The van der Waals surface area contributed by atoms with Crippen molar-refractivity contribution in [3.05, 3.63) is 35.7 Å². The van der Waals surface area contributed by atoms with Gasteiger partial charge < -0.3 is 15.4 Å². The lowest BCUT2D eigenvalue weighted by Gasteiger charge is -2.21. The molecule has 2 atom stereocenters. The fourth-order valence-corrected chi connectivity index (χ4v) is 3.24. The molecule has 1 unspecified atom stereocenters. The monoisotopic (exact) mass is 389 g/mol. The second-order valence-electron chi connectivity index (χ2n) is 7.63. The summed E-state index contributed by atoms with van der Waals surface area (Å²) >= 11 is 6.24. The molecule has 1 aliphatic rings. The number of ether oxygens (including phenoxy) is 1. The molecule has 2 N–H and O–H groups in total. The molecule has 0 bridgehead atoms. The Hall–Kier alpha value is -2.41. The predicted molar refractivity (Wildman–Crippen MR) is 105 cm³/mol. The molecule has 1 amide bonds. The molecule has 2 aromatic heterocycles. The fraction of sp³-hybridized carbons (Fsp3) is 0.474. The van der Waals surface area contributed by atoms with Crippen LogP contribution in [-0.4, -0.2) is 38.7 Å². The highest BCUT2D eigenvalue weighted by Gasteiger charge is 2.28. The van der Waals surface area contributed by atoms with Crippen LogP contribution >= 0.6 is 11.6 Å². The lowest BCUT2D eigenvalue weighted by atomic mass is 10.2. The van der Waals surface area contributed by atoms with Gasteiger partial charge in [0, 0.05) is 30.0 Å². The van der Waals surface area contributed by atoms with Gasteiger partial charge in [-0.2, -0.15) is 0 Å². The first-order chi connectivity index (χ1) is 12.8. The predicted octanol–water partition coefficient (Wildman–Crippen LogP) is 4.05. The van der Waals surface area contributed by atoms with Crippen molar-refractivity contribution in [2.24, 2.45) is 0 Å². The average Bonchev–Trinajstić information content (AvgIpc) is 3.02. The number of anilines is 1. The lowest BCUT2D eigenvalue weighted by Crippen LogP contribution is -2.38. The number of carbonyl (C=O) groups excluding carboxylic acids is 1. The second-order valence-corrected chi connectivity index (χ2v) is 8.04. The van der Waals surface area contributed by atoms with E-state index < -0.39 is 5.60 Å². The Bertz CT molecular complexity index is 794. The van der Waals surface area contributed by atoms with Crippen molar-refractivity contribution < 1.29 is 9.53 Å². The SMILES string of the molecule is CC(C)(C)OC(=O)N[C@@H]1CCC(Nc2ncc(Cl)c(-c3cccnc3)n2)C1. The van der Waals surface area contributed by atoms with E-state index >= 15 is 0 Å². The Morgan fingerprint density at radius 2 is 2.04 bits per heavy atom. The number of halogens is 1. The normalized spacial score (nSPS) is 19.6. The minimum Gasteiger partial charge on any atom is -0.444 e. The summed E-state index contributed by atoms with van der Waals surface area (Å²) in [5, 5.41) is 6.74. The Labute approximate surface area is 163 Å². The Kier molecular flexibility index (Phi) is 5.79. The number of hydrogen-bond acceptors (Lipinski definition) is 6. The molecule has 0 aromatic carbocycles. The average molecular weight is 390 g/mol. The van der Waals surface area contributed by atoms with Gasteiger partial charge in [-0.1, -0.05) is 11.6 Å². The molecule has 2 aromatic rings. The third-order valence-corrected chi connectivity index (χ3v) is 4.44. The van der Waals surface area contributed by atoms with Crippen molar-refractivity contribution in [2.45, 2.75) is 57.7 Å². The van der Waals surface area contributed by atoms with E-state index in [1.165, 1.54) is 0 Å². The summed E-state index contributed by atoms with van der Waals surface area (Å²) < 4.78 is 5.32. The minimum atomic E-state index is -0.500. The first kappa shape index (κ1) is 19.4. The molecule has 1 saturated carbocycles. The summed E-state index contributed by atoms with van der Waals surface area (Å²) in [5.74, 6) is 0.515. The first-order valence-electron chi connectivity index (χ1n) is 8.99. The minimum absolute atomic E-state index is 0.0717. The van der Waals surface area contributed by atoms with Gasteiger partial charge in [0.2, 0.25) is 5.95 Å². The van der Waals surface area contributed by atoms with E-state index in [0.717, 1.165) is 24.8 Å². The van der Waals surface area contributed by atoms with E-state index in [4.69, 9.17) is 16.3 Å². The standard InChI is InChI=1S/C19H24ClN5O2/c1-19(2,3)27-18(26)24-14-7-6-13(9-14)23-17-22-11-15(20)16(25-17)12-5-4-8-21-10-12/h4-5,8,10-11,13-14H,6-7,9H2,1-3H3,(H,24,26)(H,22,23,25)/t13?,14-/m1/s1. The van der Waals surface area contributed by atoms with Gasteiger partial charge in [-0.3, -0.25) is 4.98 Å². The number of amides is 1. The van der Waals surface area contributed by atoms with Crippen LogP contribution in [0, 0.1) is 0 Å². The fourth-order valence-electron chi connectivity index (χ4n) is 3.04. The van der Waals surface area contributed by atoms with Crippen LogP contribution in [0.25, 0.3) is 11.3 Å². The molecule has 1 fully saturated rings. The number of pyridine rings is 1. The molecule has 7 nitrogen and oxygen atoms in total. The molecule has 0 radical (unpaired) electrons. The van der Waals surface area contributed by atoms with Crippen LogP contribution in [0.15, 0.2) is 30.7 Å². The largest absolute Gasteiger partial charge is 0.444 e. The highest BCUT2D eigenvalue weighted by Crippen LogP contribution is 2.27.